The van der Waals surface area contributed by atoms with Crippen LogP contribution in [0.5, 0.6) is 0 Å². The number of fused-ring (bicyclic) bond motifs is 4. The molecule has 2 fully saturated rings. The van der Waals surface area contributed by atoms with Crippen molar-refractivity contribution in [3.63, 3.8) is 0 Å². The molecule has 0 aromatic rings. The molecule has 4 bridgehead atoms. The van der Waals surface area contributed by atoms with E-state index in [-0.39, 0.29) is 53.0 Å². The molecule has 3 aliphatic heterocycles. The summed E-state index contributed by atoms with van der Waals surface area (Å²) in [5, 5.41) is 0.103. The van der Waals surface area contributed by atoms with Crippen molar-refractivity contribution in [1.29, 1.82) is 0 Å². The van der Waals surface area contributed by atoms with Gasteiger partial charge in [0.2, 0.25) is 0 Å². The van der Waals surface area contributed by atoms with E-state index in [9.17, 15) is 9.59 Å². The monoisotopic (exact) mass is 815 g/mol. The third kappa shape index (κ3) is 13.5. The van der Waals surface area contributed by atoms with E-state index in [1.54, 1.807) is 6.08 Å². The maximum absolute atomic E-state index is 13.6. The first-order valence-electron chi connectivity index (χ1n) is 21.0. The number of hydrogen-bond acceptors (Lipinski definition) is 8. The highest BCUT2D eigenvalue weighted by Gasteiger charge is 2.52. The average Bonchev–Trinajstić information content (AvgIpc) is 3.05. The van der Waals surface area contributed by atoms with E-state index in [1.807, 2.05) is 26.8 Å². The van der Waals surface area contributed by atoms with Crippen molar-refractivity contribution in [3.05, 3.63) is 60.3 Å². The highest BCUT2D eigenvalue weighted by Crippen LogP contribution is 2.45. The lowest BCUT2D eigenvalue weighted by Gasteiger charge is -2.50. The minimum Gasteiger partial charge on any atom is -0.465 e. The quantitative estimate of drug-likeness (QED) is 0.136. The molecular weight excluding hydrogens is 737 g/mol. The van der Waals surface area contributed by atoms with E-state index in [4.69, 9.17) is 27.8 Å². The molecular formula is C46H78O8Si2. The van der Waals surface area contributed by atoms with Gasteiger partial charge in [0, 0.05) is 31.4 Å². The SMILES string of the molecule is CC1=C[C@H]2O[C@@H](C/C=C/C=C/C(=O)O[C@@H]3C[C@@H](/C=C/C/C=C/1)O[C@@H](CCOC(=O)C(C)(C)C)[C@]3(C)CO[Si](C)(C)C(C)(C)C)C[C@H](O[Si](C)(C)C(C)(C)C)[C@H]2C. The topological polar surface area (TPSA) is 89.5 Å². The molecule has 0 aromatic heterocycles. The van der Waals surface area contributed by atoms with Gasteiger partial charge in [-0.1, -0.05) is 110 Å². The standard InChI is InChI=1S/C46H78O8Si2/c1-33-23-19-17-20-25-36-31-40(46(12,32-50-55(13,14)44(6,7)8)39(52-36)27-28-49-42(48)43(3,4)5)53-41(47)26-22-18-21-24-35-30-38(34(2)37(29-33)51-35)54-56(15,16)45(9,10)11/h18-23,25-26,29,34-40H,17,24,27-28,30-32H2,1-16H3/b21-18+,23-19+,25-20+,26-22+,33-29?/t34-,35-,36+,37+,38-,39-,40+,46-/m0/s1. The van der Waals surface area contributed by atoms with Crippen molar-refractivity contribution in [3.8, 4) is 0 Å². The van der Waals surface area contributed by atoms with Crippen molar-refractivity contribution < 1.29 is 37.4 Å². The van der Waals surface area contributed by atoms with Crippen LogP contribution in [0, 0.1) is 16.7 Å². The van der Waals surface area contributed by atoms with Gasteiger partial charge in [-0.05, 0) is 83.2 Å². The Kier molecular flexibility index (Phi) is 16.7. The van der Waals surface area contributed by atoms with E-state index in [0.29, 0.717) is 32.3 Å². The summed E-state index contributed by atoms with van der Waals surface area (Å²) in [7, 11) is -4.19. The van der Waals surface area contributed by atoms with Crippen LogP contribution in [0.15, 0.2) is 60.3 Å². The van der Waals surface area contributed by atoms with Gasteiger partial charge in [0.05, 0.1) is 48.0 Å². The molecule has 0 aliphatic carbocycles. The summed E-state index contributed by atoms with van der Waals surface area (Å²) < 4.78 is 39.5. The molecule has 0 radical (unpaired) electrons. The Morgan fingerprint density at radius 1 is 0.893 bits per heavy atom. The van der Waals surface area contributed by atoms with Crippen molar-refractivity contribution >= 4 is 28.6 Å². The predicted molar refractivity (Wildman–Crippen MR) is 234 cm³/mol. The molecule has 3 aliphatic rings. The fourth-order valence-corrected chi connectivity index (χ4v) is 9.19. The van der Waals surface area contributed by atoms with Crippen molar-refractivity contribution in [2.45, 2.75) is 188 Å². The van der Waals surface area contributed by atoms with Gasteiger partial charge in [0.1, 0.15) is 6.10 Å². The second-order valence-corrected chi connectivity index (χ2v) is 30.4. The third-order valence-corrected chi connectivity index (χ3v) is 21.8. The molecule has 2 saturated heterocycles. The smallest absolute Gasteiger partial charge is 0.331 e. The summed E-state index contributed by atoms with van der Waals surface area (Å²) in [6, 6.07) is 0. The first kappa shape index (κ1) is 48.3. The fourth-order valence-electron chi connectivity index (χ4n) is 6.67. The van der Waals surface area contributed by atoms with Gasteiger partial charge in [0.25, 0.3) is 0 Å². The summed E-state index contributed by atoms with van der Waals surface area (Å²) in [5.41, 5.74) is -0.156. The summed E-state index contributed by atoms with van der Waals surface area (Å²) in [4.78, 5) is 26.3. The summed E-state index contributed by atoms with van der Waals surface area (Å²) in [5.74, 6) is -0.464. The number of allylic oxidation sites excluding steroid dienone is 6. The lowest BCUT2D eigenvalue weighted by Crippen LogP contribution is -2.57. The Morgan fingerprint density at radius 3 is 2.18 bits per heavy atom. The van der Waals surface area contributed by atoms with Gasteiger partial charge in [0.15, 0.2) is 16.6 Å². The molecule has 10 heteroatoms. The molecule has 0 N–H and O–H groups in total. The number of carbonyl (C=O) groups is 2. The zero-order chi connectivity index (χ0) is 42.3. The van der Waals surface area contributed by atoms with E-state index in [0.717, 1.165) is 12.0 Å². The Bertz CT molecular complexity index is 1470. The van der Waals surface area contributed by atoms with E-state index < -0.39 is 45.6 Å². The molecule has 3 rings (SSSR count). The van der Waals surface area contributed by atoms with Gasteiger partial charge >= 0.3 is 11.9 Å². The summed E-state index contributed by atoms with van der Waals surface area (Å²) >= 11 is 0. The Labute approximate surface area is 343 Å². The van der Waals surface area contributed by atoms with Crippen LogP contribution in [0.3, 0.4) is 0 Å². The molecule has 56 heavy (non-hydrogen) atoms. The van der Waals surface area contributed by atoms with E-state index >= 15 is 0 Å². The molecule has 8 atom stereocenters. The molecule has 0 aromatic carbocycles. The number of ether oxygens (including phenoxy) is 4. The van der Waals surface area contributed by atoms with Crippen molar-refractivity contribution in [2.24, 2.45) is 16.7 Å². The summed E-state index contributed by atoms with van der Waals surface area (Å²) in [6.07, 6.45) is 20.0. The van der Waals surface area contributed by atoms with Crippen LogP contribution in [0.1, 0.15) is 115 Å². The number of hydrogen-bond donors (Lipinski definition) is 0. The van der Waals surface area contributed by atoms with Crippen LogP contribution < -0.4 is 0 Å². The first-order chi connectivity index (χ1) is 25.7. The predicted octanol–water partition coefficient (Wildman–Crippen LogP) is 11.2. The lowest BCUT2D eigenvalue weighted by atomic mass is 9.73. The van der Waals surface area contributed by atoms with Gasteiger partial charge in [-0.15, -0.1) is 0 Å². The zero-order valence-corrected chi connectivity index (χ0v) is 40.0. The highest BCUT2D eigenvalue weighted by molar-refractivity contribution is 6.74. The minimum absolute atomic E-state index is 0.00875. The fraction of sp³-hybridized carbons (Fsp3) is 0.739. The van der Waals surface area contributed by atoms with Gasteiger partial charge in [-0.25, -0.2) is 4.79 Å². The third-order valence-electron chi connectivity index (χ3n) is 12.8. The summed E-state index contributed by atoms with van der Waals surface area (Å²) in [6.45, 7) is 35.2. The number of carbonyl (C=O) groups excluding carboxylic acids is 2. The maximum Gasteiger partial charge on any atom is 0.331 e. The second-order valence-electron chi connectivity index (χ2n) is 20.8. The Hall–Kier alpha value is -2.09. The number of esters is 2. The molecule has 8 nitrogen and oxygen atoms in total. The van der Waals surface area contributed by atoms with Crippen LogP contribution >= 0.6 is 0 Å². The molecule has 0 spiro atoms. The van der Waals surface area contributed by atoms with Crippen LogP contribution in [-0.4, -0.2) is 78.4 Å². The zero-order valence-electron chi connectivity index (χ0n) is 38.0. The van der Waals surface area contributed by atoms with E-state index in [1.165, 1.54) is 6.08 Å². The first-order valence-corrected chi connectivity index (χ1v) is 26.8. The molecule has 318 valence electrons. The van der Waals surface area contributed by atoms with Crippen LogP contribution in [0.4, 0.5) is 0 Å². The van der Waals surface area contributed by atoms with Crippen LogP contribution in [-0.2, 0) is 37.4 Å². The Balaban J connectivity index is 1.96. The lowest BCUT2D eigenvalue weighted by molar-refractivity contribution is -0.202. The molecule has 0 unspecified atom stereocenters. The van der Waals surface area contributed by atoms with Crippen LogP contribution in [0.25, 0.3) is 0 Å². The minimum atomic E-state index is -2.18. The number of rotatable bonds is 8. The molecule has 0 amide bonds. The van der Waals surface area contributed by atoms with Gasteiger partial charge in [-0.2, -0.15) is 0 Å². The van der Waals surface area contributed by atoms with Crippen LogP contribution in [0.2, 0.25) is 36.3 Å². The Morgan fingerprint density at radius 2 is 1.55 bits per heavy atom. The van der Waals surface area contributed by atoms with Gasteiger partial charge < -0.3 is 27.8 Å². The maximum atomic E-state index is 13.6. The average molecular weight is 815 g/mol. The second kappa shape index (κ2) is 19.3. The molecule has 3 heterocycles. The normalized spacial score (nSPS) is 32.7. The van der Waals surface area contributed by atoms with E-state index in [2.05, 4.69) is 125 Å². The van der Waals surface area contributed by atoms with Crippen molar-refractivity contribution in [2.75, 3.05) is 13.2 Å². The largest absolute Gasteiger partial charge is 0.465 e. The highest BCUT2D eigenvalue weighted by atomic mass is 28.4. The van der Waals surface area contributed by atoms with Gasteiger partial charge in [-0.3, -0.25) is 4.79 Å². The van der Waals surface area contributed by atoms with Crippen molar-refractivity contribution in [1.82, 2.24) is 0 Å². The molecule has 0 saturated carbocycles.